The summed E-state index contributed by atoms with van der Waals surface area (Å²) < 4.78 is 0. The maximum Gasteiger partial charge on any atom is 0.224 e. The lowest BCUT2D eigenvalue weighted by atomic mass is 10.1. The van der Waals surface area contributed by atoms with Crippen LogP contribution in [-0.4, -0.2) is 10.9 Å². The number of nitrogens with one attached hydrogen (secondary N) is 1. The molecule has 0 spiro atoms. The van der Waals surface area contributed by atoms with Crippen molar-refractivity contribution in [3.63, 3.8) is 0 Å². The Bertz CT molecular complexity index is 283. The summed E-state index contributed by atoms with van der Waals surface area (Å²) in [6, 6.07) is 3.64. The Morgan fingerprint density at radius 1 is 1.57 bits per heavy atom. The van der Waals surface area contributed by atoms with Crippen LogP contribution in [0.25, 0.3) is 0 Å². The van der Waals surface area contributed by atoms with Crippen LogP contribution in [0.5, 0.6) is 0 Å². The van der Waals surface area contributed by atoms with E-state index < -0.39 is 0 Å². The van der Waals surface area contributed by atoms with Gasteiger partial charge in [0.1, 0.15) is 0 Å². The number of nitrogens with zero attached hydrogens (tertiary/aromatic N) is 1. The molecule has 0 aliphatic carbocycles. The van der Waals surface area contributed by atoms with Crippen molar-refractivity contribution in [2.24, 2.45) is 5.92 Å². The summed E-state index contributed by atoms with van der Waals surface area (Å²) in [4.78, 5) is 15.3. The smallest absolute Gasteiger partial charge is 0.224 e. The van der Waals surface area contributed by atoms with Gasteiger partial charge in [0.2, 0.25) is 5.91 Å². The minimum absolute atomic E-state index is 0.0618. The predicted molar refractivity (Wildman–Crippen MR) is 56.9 cm³/mol. The second-order valence-electron chi connectivity index (χ2n) is 3.72. The van der Waals surface area contributed by atoms with Crippen LogP contribution in [0.2, 0.25) is 0 Å². The van der Waals surface area contributed by atoms with Gasteiger partial charge >= 0.3 is 0 Å². The van der Waals surface area contributed by atoms with Crippen molar-refractivity contribution >= 4 is 11.6 Å². The third-order valence-electron chi connectivity index (χ3n) is 1.89. The molecular formula is C11H16N2O. The van der Waals surface area contributed by atoms with E-state index in [2.05, 4.69) is 24.1 Å². The average Bonchev–Trinajstić information content (AvgIpc) is 2.16. The van der Waals surface area contributed by atoms with Crippen LogP contribution in [0.1, 0.15) is 26.7 Å². The number of hydrogen-bond donors (Lipinski definition) is 1. The molecule has 76 valence electrons. The molecule has 0 saturated carbocycles. The first-order valence-corrected chi connectivity index (χ1v) is 4.88. The van der Waals surface area contributed by atoms with E-state index in [0.717, 1.165) is 12.1 Å². The van der Waals surface area contributed by atoms with Gasteiger partial charge in [-0.25, -0.2) is 0 Å². The van der Waals surface area contributed by atoms with Crippen molar-refractivity contribution in [1.82, 2.24) is 4.98 Å². The van der Waals surface area contributed by atoms with Crippen LogP contribution in [-0.2, 0) is 4.79 Å². The Hall–Kier alpha value is -1.38. The molecule has 1 aromatic rings. The lowest BCUT2D eigenvalue weighted by Crippen LogP contribution is -2.12. The molecule has 0 atom stereocenters. The summed E-state index contributed by atoms with van der Waals surface area (Å²) in [5.74, 6) is 0.626. The number of carbonyl (C=O) groups excluding carboxylic acids is 1. The van der Waals surface area contributed by atoms with Gasteiger partial charge in [-0.3, -0.25) is 9.78 Å². The SMILES string of the molecule is CC(C)CCC(=O)Nc1cccnc1. The third kappa shape index (κ3) is 4.03. The van der Waals surface area contributed by atoms with Gasteiger partial charge in [-0.2, -0.15) is 0 Å². The maximum absolute atomic E-state index is 11.4. The highest BCUT2D eigenvalue weighted by atomic mass is 16.1. The molecule has 0 bridgehead atoms. The quantitative estimate of drug-likeness (QED) is 0.796. The third-order valence-corrected chi connectivity index (χ3v) is 1.89. The van der Waals surface area contributed by atoms with E-state index in [1.807, 2.05) is 6.07 Å². The van der Waals surface area contributed by atoms with Gasteiger partial charge in [-0.1, -0.05) is 13.8 Å². The van der Waals surface area contributed by atoms with E-state index in [9.17, 15) is 4.79 Å². The average molecular weight is 192 g/mol. The van der Waals surface area contributed by atoms with Crippen molar-refractivity contribution in [2.75, 3.05) is 5.32 Å². The van der Waals surface area contributed by atoms with E-state index in [1.54, 1.807) is 18.5 Å². The molecular weight excluding hydrogens is 176 g/mol. The van der Waals surface area contributed by atoms with E-state index in [-0.39, 0.29) is 5.91 Å². The van der Waals surface area contributed by atoms with E-state index in [1.165, 1.54) is 0 Å². The Balaban J connectivity index is 2.35. The van der Waals surface area contributed by atoms with E-state index in [0.29, 0.717) is 12.3 Å². The highest BCUT2D eigenvalue weighted by Gasteiger charge is 2.03. The minimum Gasteiger partial charge on any atom is -0.325 e. The number of rotatable bonds is 4. The molecule has 1 aromatic heterocycles. The van der Waals surface area contributed by atoms with Gasteiger partial charge < -0.3 is 5.32 Å². The molecule has 0 unspecified atom stereocenters. The standard InChI is InChI=1S/C11H16N2O/c1-9(2)5-6-11(14)13-10-4-3-7-12-8-10/h3-4,7-9H,5-6H2,1-2H3,(H,13,14). The Morgan fingerprint density at radius 3 is 2.93 bits per heavy atom. The number of aromatic nitrogens is 1. The number of amides is 1. The Morgan fingerprint density at radius 2 is 2.36 bits per heavy atom. The maximum atomic E-state index is 11.4. The monoisotopic (exact) mass is 192 g/mol. The first kappa shape index (κ1) is 10.7. The lowest BCUT2D eigenvalue weighted by molar-refractivity contribution is -0.116. The molecule has 1 heterocycles. The first-order valence-electron chi connectivity index (χ1n) is 4.88. The molecule has 0 aliphatic heterocycles. The molecule has 0 aromatic carbocycles. The molecule has 1 N–H and O–H groups in total. The fraction of sp³-hybridized carbons (Fsp3) is 0.455. The van der Waals surface area contributed by atoms with Crippen LogP contribution in [0, 0.1) is 5.92 Å². The molecule has 14 heavy (non-hydrogen) atoms. The largest absolute Gasteiger partial charge is 0.325 e. The van der Waals surface area contributed by atoms with Gasteiger partial charge in [0.15, 0.2) is 0 Å². The van der Waals surface area contributed by atoms with Crippen LogP contribution >= 0.6 is 0 Å². The van der Waals surface area contributed by atoms with Gasteiger partial charge in [0, 0.05) is 12.6 Å². The van der Waals surface area contributed by atoms with Gasteiger partial charge in [0.25, 0.3) is 0 Å². The van der Waals surface area contributed by atoms with Gasteiger partial charge in [-0.15, -0.1) is 0 Å². The second kappa shape index (κ2) is 5.37. The minimum atomic E-state index is 0.0618. The topological polar surface area (TPSA) is 42.0 Å². The predicted octanol–water partition coefficient (Wildman–Crippen LogP) is 2.46. The second-order valence-corrected chi connectivity index (χ2v) is 3.72. The fourth-order valence-corrected chi connectivity index (χ4v) is 1.08. The normalized spacial score (nSPS) is 10.2. The van der Waals surface area contributed by atoms with Crippen molar-refractivity contribution < 1.29 is 4.79 Å². The summed E-state index contributed by atoms with van der Waals surface area (Å²) >= 11 is 0. The first-order chi connectivity index (χ1) is 6.68. The number of pyridine rings is 1. The highest BCUT2D eigenvalue weighted by Crippen LogP contribution is 2.07. The molecule has 0 aliphatic rings. The summed E-state index contributed by atoms with van der Waals surface area (Å²) in [6.07, 6.45) is 4.83. The van der Waals surface area contributed by atoms with Gasteiger partial charge in [0.05, 0.1) is 11.9 Å². The van der Waals surface area contributed by atoms with Gasteiger partial charge in [-0.05, 0) is 24.5 Å². The number of anilines is 1. The summed E-state index contributed by atoms with van der Waals surface area (Å²) in [5, 5.41) is 2.80. The van der Waals surface area contributed by atoms with E-state index >= 15 is 0 Å². The van der Waals surface area contributed by atoms with Crippen LogP contribution in [0.3, 0.4) is 0 Å². The van der Waals surface area contributed by atoms with Crippen LogP contribution in [0.4, 0.5) is 5.69 Å². The van der Waals surface area contributed by atoms with E-state index in [4.69, 9.17) is 0 Å². The summed E-state index contributed by atoms with van der Waals surface area (Å²) in [7, 11) is 0. The van der Waals surface area contributed by atoms with Crippen LogP contribution in [0.15, 0.2) is 24.5 Å². The lowest BCUT2D eigenvalue weighted by Gasteiger charge is -2.05. The molecule has 0 fully saturated rings. The molecule has 3 heteroatoms. The fourth-order valence-electron chi connectivity index (χ4n) is 1.08. The highest BCUT2D eigenvalue weighted by molar-refractivity contribution is 5.90. The van der Waals surface area contributed by atoms with Crippen molar-refractivity contribution in [1.29, 1.82) is 0 Å². The zero-order valence-electron chi connectivity index (χ0n) is 8.66. The molecule has 1 rings (SSSR count). The Labute approximate surface area is 84.6 Å². The number of hydrogen-bond acceptors (Lipinski definition) is 2. The zero-order valence-corrected chi connectivity index (χ0v) is 8.66. The molecule has 1 amide bonds. The molecule has 3 nitrogen and oxygen atoms in total. The van der Waals surface area contributed by atoms with Crippen molar-refractivity contribution in [3.8, 4) is 0 Å². The summed E-state index contributed by atoms with van der Waals surface area (Å²) in [6.45, 7) is 4.22. The van der Waals surface area contributed by atoms with Crippen molar-refractivity contribution in [2.45, 2.75) is 26.7 Å². The van der Waals surface area contributed by atoms with Crippen molar-refractivity contribution in [3.05, 3.63) is 24.5 Å². The molecule has 0 saturated heterocycles. The van der Waals surface area contributed by atoms with Crippen LogP contribution < -0.4 is 5.32 Å². The number of carbonyl (C=O) groups is 1. The summed E-state index contributed by atoms with van der Waals surface area (Å²) in [5.41, 5.74) is 0.765. The molecule has 0 radical (unpaired) electrons. The Kier molecular flexibility index (Phi) is 4.11. The zero-order chi connectivity index (χ0) is 10.4.